The molecule has 0 radical (unpaired) electrons. The predicted molar refractivity (Wildman–Crippen MR) is 79.6 cm³/mol. The fourth-order valence-electron chi connectivity index (χ4n) is 2.46. The minimum Gasteiger partial charge on any atom is -0.489 e. The van der Waals surface area contributed by atoms with E-state index >= 15 is 0 Å². The molecule has 0 spiro atoms. The van der Waals surface area contributed by atoms with Gasteiger partial charge in [0.05, 0.1) is 29.7 Å². The summed E-state index contributed by atoms with van der Waals surface area (Å²) in [6.45, 7) is 4.56. The van der Waals surface area contributed by atoms with Crippen LogP contribution >= 0.6 is 0 Å². The van der Waals surface area contributed by atoms with E-state index in [1.807, 2.05) is 19.9 Å². The first-order valence-corrected chi connectivity index (χ1v) is 7.01. The third-order valence-corrected chi connectivity index (χ3v) is 3.36. The number of carbonyl (C=O) groups is 1. The maximum atomic E-state index is 12.7. The molecular formula is C16H17N3O2. The van der Waals surface area contributed by atoms with Crippen LogP contribution in [0.4, 0.5) is 5.69 Å². The number of nitrogens with zero attached hydrogens (tertiary/aromatic N) is 3. The molecule has 0 aliphatic carbocycles. The Balaban J connectivity index is 1.86. The zero-order chi connectivity index (χ0) is 14.8. The number of hydrogen-bond acceptors (Lipinski definition) is 4. The summed E-state index contributed by atoms with van der Waals surface area (Å²) in [6, 6.07) is 3.70. The van der Waals surface area contributed by atoms with Crippen LogP contribution in [-0.2, 0) is 6.42 Å². The van der Waals surface area contributed by atoms with Gasteiger partial charge in [-0.2, -0.15) is 0 Å². The summed E-state index contributed by atoms with van der Waals surface area (Å²) in [5, 5.41) is 0. The third kappa shape index (κ3) is 2.72. The van der Waals surface area contributed by atoms with Gasteiger partial charge in [0.15, 0.2) is 0 Å². The van der Waals surface area contributed by atoms with Gasteiger partial charge in [-0.05, 0) is 38.0 Å². The third-order valence-electron chi connectivity index (χ3n) is 3.36. The molecule has 0 aromatic carbocycles. The normalized spacial score (nSPS) is 13.4. The molecular weight excluding hydrogens is 266 g/mol. The van der Waals surface area contributed by atoms with Crippen molar-refractivity contribution in [2.75, 3.05) is 11.4 Å². The molecule has 3 heterocycles. The summed E-state index contributed by atoms with van der Waals surface area (Å²) in [7, 11) is 0. The highest BCUT2D eigenvalue weighted by atomic mass is 16.5. The monoisotopic (exact) mass is 283 g/mol. The summed E-state index contributed by atoms with van der Waals surface area (Å²) in [5.41, 5.74) is 2.57. The number of hydrogen-bond donors (Lipinski definition) is 0. The maximum absolute atomic E-state index is 12.7. The Morgan fingerprint density at radius 2 is 2.14 bits per heavy atom. The number of ether oxygens (including phenoxy) is 1. The van der Waals surface area contributed by atoms with Crippen LogP contribution < -0.4 is 9.64 Å². The van der Waals surface area contributed by atoms with Crippen LogP contribution in [0.3, 0.4) is 0 Å². The highest BCUT2D eigenvalue weighted by Crippen LogP contribution is 2.28. The molecule has 0 atom stereocenters. The molecule has 108 valence electrons. The van der Waals surface area contributed by atoms with Gasteiger partial charge in [-0.3, -0.25) is 14.8 Å². The van der Waals surface area contributed by atoms with E-state index in [1.165, 1.54) is 0 Å². The maximum Gasteiger partial charge on any atom is 0.260 e. The summed E-state index contributed by atoms with van der Waals surface area (Å²) in [5.74, 6) is 0.546. The molecule has 3 rings (SSSR count). The fourth-order valence-corrected chi connectivity index (χ4v) is 2.46. The van der Waals surface area contributed by atoms with Crippen molar-refractivity contribution in [3.63, 3.8) is 0 Å². The van der Waals surface area contributed by atoms with Crippen molar-refractivity contribution in [3.8, 4) is 5.75 Å². The van der Waals surface area contributed by atoms with Crippen LogP contribution in [0.15, 0.2) is 36.9 Å². The number of fused-ring (bicyclic) bond motifs is 1. The summed E-state index contributed by atoms with van der Waals surface area (Å²) < 4.78 is 5.59. The van der Waals surface area contributed by atoms with Gasteiger partial charge in [0, 0.05) is 18.9 Å². The molecule has 0 N–H and O–H groups in total. The van der Waals surface area contributed by atoms with Crippen molar-refractivity contribution in [2.45, 2.75) is 26.4 Å². The van der Waals surface area contributed by atoms with E-state index in [4.69, 9.17) is 4.74 Å². The number of pyridine rings is 2. The molecule has 0 fully saturated rings. The van der Waals surface area contributed by atoms with E-state index in [2.05, 4.69) is 9.97 Å². The second-order valence-corrected chi connectivity index (χ2v) is 5.29. The SMILES string of the molecule is CC(C)Oc1cncc(C(=O)N2CCc3ccncc32)c1. The predicted octanol–water partition coefficient (Wildman–Crippen LogP) is 2.47. The van der Waals surface area contributed by atoms with E-state index < -0.39 is 0 Å². The van der Waals surface area contributed by atoms with Gasteiger partial charge in [-0.1, -0.05) is 0 Å². The van der Waals surface area contributed by atoms with Crippen molar-refractivity contribution in [2.24, 2.45) is 0 Å². The van der Waals surface area contributed by atoms with Crippen molar-refractivity contribution in [3.05, 3.63) is 48.0 Å². The first-order chi connectivity index (χ1) is 10.1. The lowest BCUT2D eigenvalue weighted by molar-refractivity contribution is 0.0988. The van der Waals surface area contributed by atoms with Crippen LogP contribution in [0, 0.1) is 0 Å². The zero-order valence-corrected chi connectivity index (χ0v) is 12.1. The first-order valence-electron chi connectivity index (χ1n) is 7.01. The van der Waals surface area contributed by atoms with Gasteiger partial charge in [0.25, 0.3) is 5.91 Å². The van der Waals surface area contributed by atoms with Crippen LogP contribution in [0.1, 0.15) is 29.8 Å². The van der Waals surface area contributed by atoms with Gasteiger partial charge in [-0.25, -0.2) is 0 Å². The molecule has 0 saturated heterocycles. The fraction of sp³-hybridized carbons (Fsp3) is 0.312. The van der Waals surface area contributed by atoms with E-state index in [1.54, 1.807) is 35.8 Å². The molecule has 5 nitrogen and oxygen atoms in total. The van der Waals surface area contributed by atoms with Crippen molar-refractivity contribution >= 4 is 11.6 Å². The number of amides is 1. The molecule has 0 unspecified atom stereocenters. The Hall–Kier alpha value is -2.43. The van der Waals surface area contributed by atoms with Crippen LogP contribution in [0.5, 0.6) is 5.75 Å². The number of carbonyl (C=O) groups excluding carboxylic acids is 1. The molecule has 5 heteroatoms. The molecule has 21 heavy (non-hydrogen) atoms. The van der Waals surface area contributed by atoms with E-state index in [-0.39, 0.29) is 12.0 Å². The van der Waals surface area contributed by atoms with Crippen LogP contribution in [-0.4, -0.2) is 28.5 Å². The lowest BCUT2D eigenvalue weighted by Crippen LogP contribution is -2.29. The van der Waals surface area contributed by atoms with Crippen molar-refractivity contribution < 1.29 is 9.53 Å². The van der Waals surface area contributed by atoms with Crippen molar-refractivity contribution in [1.82, 2.24) is 9.97 Å². The van der Waals surface area contributed by atoms with Crippen LogP contribution in [0.25, 0.3) is 0 Å². The molecule has 2 aromatic heterocycles. The Kier molecular flexibility index (Phi) is 3.56. The number of rotatable bonds is 3. The number of anilines is 1. The lowest BCUT2D eigenvalue weighted by Gasteiger charge is -2.17. The highest BCUT2D eigenvalue weighted by molar-refractivity contribution is 6.07. The summed E-state index contributed by atoms with van der Waals surface area (Å²) in [4.78, 5) is 22.6. The highest BCUT2D eigenvalue weighted by Gasteiger charge is 2.26. The van der Waals surface area contributed by atoms with E-state index in [0.717, 1.165) is 17.7 Å². The van der Waals surface area contributed by atoms with Gasteiger partial charge in [-0.15, -0.1) is 0 Å². The zero-order valence-electron chi connectivity index (χ0n) is 12.1. The van der Waals surface area contributed by atoms with Gasteiger partial charge >= 0.3 is 0 Å². The molecule has 1 aliphatic rings. The standard InChI is InChI=1S/C16H17N3O2/c1-11(2)21-14-7-13(8-18-9-14)16(20)19-6-4-12-3-5-17-10-15(12)19/h3,5,7-11H,4,6H2,1-2H3. The molecule has 0 saturated carbocycles. The molecule has 1 amide bonds. The van der Waals surface area contributed by atoms with E-state index in [0.29, 0.717) is 17.9 Å². The smallest absolute Gasteiger partial charge is 0.260 e. The summed E-state index contributed by atoms with van der Waals surface area (Å²) in [6.07, 6.45) is 7.60. The Morgan fingerprint density at radius 1 is 1.29 bits per heavy atom. The Morgan fingerprint density at radius 3 is 2.95 bits per heavy atom. The Labute approximate surface area is 123 Å². The second kappa shape index (κ2) is 5.52. The number of aromatic nitrogens is 2. The quantitative estimate of drug-likeness (QED) is 0.868. The molecule has 0 bridgehead atoms. The van der Waals surface area contributed by atoms with Crippen molar-refractivity contribution in [1.29, 1.82) is 0 Å². The van der Waals surface area contributed by atoms with Crippen LogP contribution in [0.2, 0.25) is 0 Å². The summed E-state index contributed by atoms with van der Waals surface area (Å²) >= 11 is 0. The first kappa shape index (κ1) is 13.5. The Bertz CT molecular complexity index is 670. The largest absolute Gasteiger partial charge is 0.489 e. The van der Waals surface area contributed by atoms with E-state index in [9.17, 15) is 4.79 Å². The lowest BCUT2D eigenvalue weighted by atomic mass is 10.2. The molecule has 1 aliphatic heterocycles. The average molecular weight is 283 g/mol. The molecule has 2 aromatic rings. The van der Waals surface area contributed by atoms with Gasteiger partial charge in [0.2, 0.25) is 0 Å². The minimum absolute atomic E-state index is 0.0499. The van der Waals surface area contributed by atoms with Gasteiger partial charge in [0.1, 0.15) is 5.75 Å². The minimum atomic E-state index is -0.0662. The average Bonchev–Trinajstić information content (AvgIpc) is 2.90. The second-order valence-electron chi connectivity index (χ2n) is 5.29. The topological polar surface area (TPSA) is 55.3 Å². The van der Waals surface area contributed by atoms with Gasteiger partial charge < -0.3 is 9.64 Å².